The number of hydrogen-bond acceptors (Lipinski definition) is 2. The first-order chi connectivity index (χ1) is 14.6. The van der Waals surface area contributed by atoms with Crippen molar-refractivity contribution in [2.75, 3.05) is 18.0 Å². The molecule has 160 valence electrons. The summed E-state index contributed by atoms with van der Waals surface area (Å²) in [4.78, 5) is 2.17. The molecule has 1 unspecified atom stereocenters. The lowest BCUT2D eigenvalue weighted by molar-refractivity contribution is -0.534. The average molecular weight is 543 g/mol. The van der Waals surface area contributed by atoms with Crippen LogP contribution in [-0.2, 0) is 5.72 Å². The zero-order valence-electron chi connectivity index (χ0n) is 17.4. The molecule has 3 aromatic carbocycles. The van der Waals surface area contributed by atoms with Crippen molar-refractivity contribution >= 4 is 44.4 Å². The molecule has 0 saturated heterocycles. The van der Waals surface area contributed by atoms with E-state index >= 15 is 0 Å². The van der Waals surface area contributed by atoms with Crippen molar-refractivity contribution in [1.82, 2.24) is 0 Å². The molecule has 3 nitrogen and oxygen atoms in total. The first-order valence-electron chi connectivity index (χ1n) is 10.7. The first-order valence-corrected chi connectivity index (χ1v) is 11.5. The third kappa shape index (κ3) is 4.23. The smallest absolute Gasteiger partial charge is 0.275 e. The largest absolute Gasteiger partial charge is 0.346 e. The molecular weight excluding hydrogens is 516 g/mol. The predicted molar refractivity (Wildman–Crippen MR) is 136 cm³/mol. The molecule has 0 amide bonds. The number of hydrogen-bond donors (Lipinski definition) is 1. The van der Waals surface area contributed by atoms with Crippen LogP contribution in [0.5, 0.6) is 0 Å². The van der Waals surface area contributed by atoms with Gasteiger partial charge in [0.15, 0.2) is 6.54 Å². The third-order valence-corrected chi connectivity index (χ3v) is 6.80. The fourth-order valence-electron chi connectivity index (χ4n) is 4.76. The highest BCUT2D eigenvalue weighted by atomic mass is 79.9. The van der Waals surface area contributed by atoms with Gasteiger partial charge in [-0.2, -0.15) is 4.90 Å². The summed E-state index contributed by atoms with van der Waals surface area (Å²) in [6.45, 7) is 1.61. The summed E-state index contributed by atoms with van der Waals surface area (Å²) in [5.41, 5.74) is 3.25. The minimum absolute atomic E-state index is 0. The van der Waals surface area contributed by atoms with E-state index in [1.165, 1.54) is 36.2 Å². The molecule has 0 bridgehead atoms. The molecule has 5 heteroatoms. The Morgan fingerprint density at radius 3 is 2.19 bits per heavy atom. The third-order valence-electron chi connectivity index (χ3n) is 6.27. The molecule has 0 fully saturated rings. The van der Waals surface area contributed by atoms with E-state index in [2.05, 4.69) is 86.1 Å². The van der Waals surface area contributed by atoms with Crippen molar-refractivity contribution in [3.63, 3.8) is 0 Å². The van der Waals surface area contributed by atoms with Gasteiger partial charge in [0.25, 0.3) is 11.6 Å². The molecule has 0 aliphatic carbocycles. The van der Waals surface area contributed by atoms with Gasteiger partial charge in [0, 0.05) is 16.5 Å². The zero-order chi connectivity index (χ0) is 20.6. The Morgan fingerprint density at radius 2 is 1.48 bits per heavy atom. The number of nitrogens with zero attached hydrogens (tertiary/aromatic N) is 2. The SMILES string of the molecule is Br.OC1(c2ccc(-c3ccccc3)cc2)C[N+]2=C(CCCCC2)N1c1ccc(Br)cc1. The second kappa shape index (κ2) is 9.27. The van der Waals surface area contributed by atoms with Gasteiger partial charge in [0.2, 0.25) is 0 Å². The van der Waals surface area contributed by atoms with E-state index in [9.17, 15) is 5.11 Å². The standard InChI is InChI=1S/C26H26BrN2O.BrH/c27-23-14-16-24(17-15-23)29-25-9-5-2-6-18-28(25)19-26(29,30)22-12-10-21(11-13-22)20-7-3-1-4-8-20;/h1,3-4,7-8,10-17,30H,2,5-6,9,18-19H2;1H/q+1;. The van der Waals surface area contributed by atoms with Crippen LogP contribution in [0.2, 0.25) is 0 Å². The van der Waals surface area contributed by atoms with E-state index < -0.39 is 5.72 Å². The van der Waals surface area contributed by atoms with Crippen molar-refractivity contribution in [3.05, 3.63) is 88.9 Å². The van der Waals surface area contributed by atoms with Gasteiger partial charge in [-0.15, -0.1) is 17.0 Å². The average Bonchev–Trinajstić information content (AvgIpc) is 2.91. The maximum absolute atomic E-state index is 12.1. The quantitative estimate of drug-likeness (QED) is 0.390. The van der Waals surface area contributed by atoms with E-state index in [1.807, 2.05) is 18.2 Å². The summed E-state index contributed by atoms with van der Waals surface area (Å²) in [5, 5.41) is 12.1. The van der Waals surface area contributed by atoms with E-state index in [-0.39, 0.29) is 17.0 Å². The monoisotopic (exact) mass is 541 g/mol. The summed E-state index contributed by atoms with van der Waals surface area (Å²) >= 11 is 3.54. The van der Waals surface area contributed by atoms with Crippen LogP contribution in [0, 0.1) is 0 Å². The van der Waals surface area contributed by atoms with Crippen LogP contribution < -0.4 is 4.90 Å². The number of benzene rings is 3. The molecular formula is C26H27Br2N2O+. The van der Waals surface area contributed by atoms with Gasteiger partial charge in [-0.1, -0.05) is 70.5 Å². The van der Waals surface area contributed by atoms with E-state index in [4.69, 9.17) is 0 Å². The summed E-state index contributed by atoms with van der Waals surface area (Å²) in [6.07, 6.45) is 4.60. The Kier molecular flexibility index (Phi) is 6.65. The number of halogens is 2. The molecule has 0 saturated carbocycles. The van der Waals surface area contributed by atoms with Gasteiger partial charge in [0.05, 0.1) is 6.54 Å². The van der Waals surface area contributed by atoms with Crippen LogP contribution >= 0.6 is 32.9 Å². The van der Waals surface area contributed by atoms with Crippen molar-refractivity contribution < 1.29 is 9.68 Å². The van der Waals surface area contributed by atoms with Crippen molar-refractivity contribution in [2.24, 2.45) is 0 Å². The van der Waals surface area contributed by atoms with Crippen LogP contribution in [-0.4, -0.2) is 28.6 Å². The predicted octanol–water partition coefficient (Wildman–Crippen LogP) is 6.34. The van der Waals surface area contributed by atoms with Gasteiger partial charge in [-0.25, -0.2) is 0 Å². The number of amidine groups is 1. The van der Waals surface area contributed by atoms with Crippen LogP contribution in [0.4, 0.5) is 5.69 Å². The van der Waals surface area contributed by atoms with Gasteiger partial charge >= 0.3 is 0 Å². The Labute approximate surface area is 202 Å². The molecule has 5 rings (SSSR count). The van der Waals surface area contributed by atoms with E-state index in [0.29, 0.717) is 6.54 Å². The molecule has 1 atom stereocenters. The number of rotatable bonds is 3. The fourth-order valence-corrected chi connectivity index (χ4v) is 5.02. The summed E-state index contributed by atoms with van der Waals surface area (Å²) in [6, 6.07) is 27.1. The maximum atomic E-state index is 12.1. The lowest BCUT2D eigenvalue weighted by atomic mass is 9.96. The summed E-state index contributed by atoms with van der Waals surface area (Å²) < 4.78 is 3.43. The minimum atomic E-state index is -1.07. The maximum Gasteiger partial charge on any atom is 0.275 e. The van der Waals surface area contributed by atoms with Crippen molar-refractivity contribution in [3.8, 4) is 11.1 Å². The van der Waals surface area contributed by atoms with Crippen molar-refractivity contribution in [1.29, 1.82) is 0 Å². The Hall–Kier alpha value is -1.95. The lowest BCUT2D eigenvalue weighted by Crippen LogP contribution is -2.47. The van der Waals surface area contributed by atoms with Crippen molar-refractivity contribution in [2.45, 2.75) is 31.4 Å². The fraction of sp³-hybridized carbons (Fsp3) is 0.269. The molecule has 2 aliphatic heterocycles. The molecule has 31 heavy (non-hydrogen) atoms. The van der Waals surface area contributed by atoms with E-state index in [1.54, 1.807) is 0 Å². The van der Waals surface area contributed by atoms with Crippen LogP contribution in [0.15, 0.2) is 83.3 Å². The van der Waals surface area contributed by atoms with Gasteiger partial charge in [-0.3, -0.25) is 4.58 Å². The number of aliphatic hydroxyl groups is 1. The van der Waals surface area contributed by atoms with Gasteiger partial charge < -0.3 is 5.11 Å². The molecule has 2 aliphatic rings. The molecule has 0 spiro atoms. The molecule has 2 heterocycles. The summed E-state index contributed by atoms with van der Waals surface area (Å²) in [7, 11) is 0. The molecule has 0 radical (unpaired) electrons. The molecule has 0 aromatic heterocycles. The number of anilines is 1. The van der Waals surface area contributed by atoms with Crippen LogP contribution in [0.3, 0.4) is 0 Å². The lowest BCUT2D eigenvalue weighted by Gasteiger charge is -2.29. The Bertz CT molecular complexity index is 1060. The minimum Gasteiger partial charge on any atom is -0.346 e. The highest BCUT2D eigenvalue weighted by Gasteiger charge is 2.53. The Balaban J connectivity index is 0.00000231. The zero-order valence-corrected chi connectivity index (χ0v) is 20.7. The second-order valence-corrected chi connectivity index (χ2v) is 9.14. The normalized spacial score (nSPS) is 20.8. The van der Waals surface area contributed by atoms with E-state index in [0.717, 1.165) is 28.7 Å². The van der Waals surface area contributed by atoms with Crippen LogP contribution in [0.1, 0.15) is 31.2 Å². The van der Waals surface area contributed by atoms with Crippen LogP contribution in [0.25, 0.3) is 11.1 Å². The summed E-state index contributed by atoms with van der Waals surface area (Å²) in [5.74, 6) is 1.24. The first kappa shape index (κ1) is 22.3. The molecule has 3 aromatic rings. The van der Waals surface area contributed by atoms with Gasteiger partial charge in [-0.05, 0) is 54.7 Å². The Morgan fingerprint density at radius 1 is 0.806 bits per heavy atom. The van der Waals surface area contributed by atoms with Gasteiger partial charge in [0.1, 0.15) is 5.69 Å². The molecule has 1 N–H and O–H groups in total. The second-order valence-electron chi connectivity index (χ2n) is 8.22. The highest BCUT2D eigenvalue weighted by Crippen LogP contribution is 2.38. The topological polar surface area (TPSA) is 26.5 Å². The highest BCUT2D eigenvalue weighted by molar-refractivity contribution is 9.10.